The molecule has 11 heteroatoms. The third kappa shape index (κ3) is 6.58. The molecular formula is C29H37FN4O5S. The Hall–Kier alpha value is -3.18. The molecule has 1 aromatic heterocycles. The number of nitrogens with one attached hydrogen (secondary N) is 2. The van der Waals surface area contributed by atoms with E-state index in [0.717, 1.165) is 21.7 Å². The third-order valence-electron chi connectivity index (χ3n) is 7.48. The number of likely N-dealkylation sites (tertiary alicyclic amines) is 1. The zero-order chi connectivity index (χ0) is 29.4. The molecule has 0 unspecified atom stereocenters. The number of amides is 3. The number of halogens is 1. The molecule has 2 fully saturated rings. The molecule has 0 bridgehead atoms. The van der Waals surface area contributed by atoms with E-state index in [4.69, 9.17) is 0 Å². The Morgan fingerprint density at radius 3 is 2.35 bits per heavy atom. The van der Waals surface area contributed by atoms with Crippen LogP contribution in [0.25, 0.3) is 10.4 Å². The van der Waals surface area contributed by atoms with Gasteiger partial charge in [0.2, 0.25) is 11.8 Å². The molecule has 1 aliphatic heterocycles. The number of aryl methyl sites for hydroxylation is 1. The number of aliphatic hydroxyl groups is 1. The van der Waals surface area contributed by atoms with Crippen molar-refractivity contribution in [3.05, 3.63) is 41.0 Å². The van der Waals surface area contributed by atoms with Crippen LogP contribution in [0.15, 0.2) is 29.8 Å². The fraction of sp³-hybridized carbons (Fsp3) is 0.552. The smallest absolute Gasteiger partial charge is 0.258 e. The minimum atomic E-state index is -1.96. The molecule has 1 saturated carbocycles. The number of β-amino-alcohol motifs (C(OH)–C–C–N with tert-alkyl or cyclic N) is 1. The highest BCUT2D eigenvalue weighted by Crippen LogP contribution is 2.40. The van der Waals surface area contributed by atoms with Crippen LogP contribution < -0.4 is 10.6 Å². The van der Waals surface area contributed by atoms with Gasteiger partial charge >= 0.3 is 0 Å². The van der Waals surface area contributed by atoms with Crippen molar-refractivity contribution in [1.29, 1.82) is 0 Å². The molecule has 1 saturated heterocycles. The summed E-state index contributed by atoms with van der Waals surface area (Å²) >= 11 is 1.53. The summed E-state index contributed by atoms with van der Waals surface area (Å²) in [6.07, 6.45) is -0.668. The molecule has 40 heavy (non-hydrogen) atoms. The van der Waals surface area contributed by atoms with E-state index in [1.165, 1.54) is 23.2 Å². The zero-order valence-electron chi connectivity index (χ0n) is 23.5. The van der Waals surface area contributed by atoms with Gasteiger partial charge in [0, 0.05) is 19.4 Å². The topological polar surface area (TPSA) is 129 Å². The van der Waals surface area contributed by atoms with Crippen molar-refractivity contribution in [2.75, 3.05) is 6.54 Å². The van der Waals surface area contributed by atoms with Crippen molar-refractivity contribution in [1.82, 2.24) is 20.5 Å². The molecule has 0 radical (unpaired) electrons. The Balaban J connectivity index is 1.53. The van der Waals surface area contributed by atoms with Crippen molar-refractivity contribution in [2.24, 2.45) is 5.41 Å². The summed E-state index contributed by atoms with van der Waals surface area (Å²) in [5, 5.41) is 15.9. The summed E-state index contributed by atoms with van der Waals surface area (Å²) < 4.78 is 14.4. The van der Waals surface area contributed by atoms with Crippen LogP contribution in [0, 0.1) is 12.3 Å². The van der Waals surface area contributed by atoms with Crippen LogP contribution in [0.3, 0.4) is 0 Å². The highest BCUT2D eigenvalue weighted by molar-refractivity contribution is 7.13. The average molecular weight is 573 g/mol. The number of nitrogens with zero attached hydrogens (tertiary/aromatic N) is 2. The van der Waals surface area contributed by atoms with Crippen LogP contribution in [0.4, 0.5) is 4.39 Å². The average Bonchev–Trinajstić information content (AvgIpc) is 3.28. The Kier molecular flexibility index (Phi) is 8.46. The van der Waals surface area contributed by atoms with Gasteiger partial charge in [0.1, 0.15) is 17.9 Å². The number of carbonyl (C=O) groups excluding carboxylic acids is 4. The monoisotopic (exact) mass is 572 g/mol. The highest BCUT2D eigenvalue weighted by atomic mass is 32.1. The number of thiazole rings is 1. The second-order valence-electron chi connectivity index (χ2n) is 12.0. The van der Waals surface area contributed by atoms with Crippen LogP contribution in [-0.2, 0) is 19.2 Å². The first-order valence-corrected chi connectivity index (χ1v) is 14.4. The van der Waals surface area contributed by atoms with Crippen LogP contribution in [0.2, 0.25) is 0 Å². The number of aliphatic hydroxyl groups excluding tert-OH is 1. The molecule has 2 aliphatic rings. The predicted octanol–water partition coefficient (Wildman–Crippen LogP) is 3.25. The maximum absolute atomic E-state index is 14.4. The lowest BCUT2D eigenvalue weighted by Gasteiger charge is -2.36. The minimum absolute atomic E-state index is 0.00577. The fourth-order valence-corrected chi connectivity index (χ4v) is 5.78. The molecule has 4 rings (SSSR count). The second kappa shape index (κ2) is 11.4. The van der Waals surface area contributed by atoms with Gasteiger partial charge in [-0.1, -0.05) is 45.0 Å². The summed E-state index contributed by atoms with van der Waals surface area (Å²) in [4.78, 5) is 58.4. The summed E-state index contributed by atoms with van der Waals surface area (Å²) in [6, 6.07) is 4.78. The molecule has 0 spiro atoms. The van der Waals surface area contributed by atoms with E-state index >= 15 is 0 Å². The first-order chi connectivity index (χ1) is 18.7. The Bertz CT molecular complexity index is 1280. The fourth-order valence-electron chi connectivity index (χ4n) is 4.97. The van der Waals surface area contributed by atoms with Crippen LogP contribution in [0.1, 0.15) is 70.7 Å². The van der Waals surface area contributed by atoms with Gasteiger partial charge in [0.25, 0.3) is 5.91 Å². The van der Waals surface area contributed by atoms with Crippen molar-refractivity contribution >= 4 is 34.8 Å². The lowest BCUT2D eigenvalue weighted by molar-refractivity contribution is -0.145. The van der Waals surface area contributed by atoms with Gasteiger partial charge < -0.3 is 20.6 Å². The number of carbonyl (C=O) groups is 4. The standard InChI is InChI=1S/C29H37FN4O5S/c1-16(35)12-21(18-6-8-19(9-7-18)23-17(2)31-15-40-23)32-25(37)22-13-20(36)14-34(22)26(38)24(28(3,4)5)33-27(39)29(30)10-11-29/h6-9,15,20-22,24,36H,10-14H2,1-5H3,(H,32,37)(H,33,39)/t20-,21+,22+,24-/m1/s1. The number of rotatable bonds is 9. The van der Waals surface area contributed by atoms with Gasteiger partial charge in [-0.05, 0) is 43.2 Å². The molecule has 3 N–H and O–H groups in total. The quantitative estimate of drug-likeness (QED) is 0.423. The first kappa shape index (κ1) is 29.8. The van der Waals surface area contributed by atoms with E-state index in [1.54, 1.807) is 26.3 Å². The molecule has 2 aromatic rings. The van der Waals surface area contributed by atoms with Crippen molar-refractivity contribution < 1.29 is 28.7 Å². The van der Waals surface area contributed by atoms with Gasteiger partial charge in [-0.3, -0.25) is 19.2 Å². The minimum Gasteiger partial charge on any atom is -0.391 e. The summed E-state index contributed by atoms with van der Waals surface area (Å²) in [5.41, 5.74) is 1.66. The van der Waals surface area contributed by atoms with Crippen molar-refractivity contribution in [3.63, 3.8) is 0 Å². The van der Waals surface area contributed by atoms with E-state index in [9.17, 15) is 28.7 Å². The summed E-state index contributed by atoms with van der Waals surface area (Å²) in [5.74, 6) is -2.03. The van der Waals surface area contributed by atoms with E-state index in [2.05, 4.69) is 15.6 Å². The number of alkyl halides is 1. The van der Waals surface area contributed by atoms with Crippen molar-refractivity contribution in [3.8, 4) is 10.4 Å². The van der Waals surface area contributed by atoms with Crippen LogP contribution in [-0.4, -0.2) is 68.9 Å². The van der Waals surface area contributed by atoms with Gasteiger partial charge in [0.05, 0.1) is 28.2 Å². The maximum Gasteiger partial charge on any atom is 0.258 e. The molecule has 3 amide bonds. The molecule has 4 atom stereocenters. The van der Waals surface area contributed by atoms with Gasteiger partial charge in [-0.15, -0.1) is 11.3 Å². The summed E-state index contributed by atoms with van der Waals surface area (Å²) in [6.45, 7) is 8.51. The number of hydrogen-bond donors (Lipinski definition) is 3. The second-order valence-corrected chi connectivity index (χ2v) is 12.8. The lowest BCUT2D eigenvalue weighted by Crippen LogP contribution is -2.59. The lowest BCUT2D eigenvalue weighted by atomic mass is 9.85. The van der Waals surface area contributed by atoms with Gasteiger partial charge in [0.15, 0.2) is 5.67 Å². The molecule has 1 aliphatic carbocycles. The summed E-state index contributed by atoms with van der Waals surface area (Å²) in [7, 11) is 0. The maximum atomic E-state index is 14.4. The van der Waals surface area contributed by atoms with E-state index in [1.807, 2.05) is 31.2 Å². The number of benzene rings is 1. The molecule has 216 valence electrons. The largest absolute Gasteiger partial charge is 0.391 e. The number of Topliss-reactive ketones (excluding diaryl/α,β-unsaturated/α-hetero) is 1. The number of ketones is 1. The number of aromatic nitrogens is 1. The third-order valence-corrected chi connectivity index (χ3v) is 8.46. The Morgan fingerprint density at radius 2 is 1.82 bits per heavy atom. The molecular weight excluding hydrogens is 535 g/mol. The van der Waals surface area contributed by atoms with Crippen LogP contribution >= 0.6 is 11.3 Å². The van der Waals surface area contributed by atoms with Gasteiger partial charge in [-0.2, -0.15) is 0 Å². The normalized spacial score (nSPS) is 21.4. The molecule has 2 heterocycles. The van der Waals surface area contributed by atoms with E-state index in [0.29, 0.717) is 0 Å². The Labute approximate surface area is 237 Å². The van der Waals surface area contributed by atoms with Crippen molar-refractivity contribution in [2.45, 2.75) is 90.2 Å². The SMILES string of the molecule is CC(=O)C[C@H](NC(=O)[C@@H]1C[C@@H](O)CN1C(=O)[C@@H](NC(=O)C1(F)CC1)C(C)(C)C)c1ccc(-c2scnc2C)cc1. The zero-order valence-corrected chi connectivity index (χ0v) is 24.3. The van der Waals surface area contributed by atoms with E-state index < -0.39 is 53.0 Å². The number of hydrogen-bond acceptors (Lipinski definition) is 7. The van der Waals surface area contributed by atoms with Gasteiger partial charge in [-0.25, -0.2) is 9.37 Å². The molecule has 9 nitrogen and oxygen atoms in total. The van der Waals surface area contributed by atoms with E-state index in [-0.39, 0.29) is 38.0 Å². The molecule has 1 aromatic carbocycles. The predicted molar refractivity (Wildman–Crippen MR) is 149 cm³/mol. The Morgan fingerprint density at radius 1 is 1.18 bits per heavy atom. The highest BCUT2D eigenvalue weighted by Gasteiger charge is 2.53. The van der Waals surface area contributed by atoms with Crippen LogP contribution in [0.5, 0.6) is 0 Å². The first-order valence-electron chi connectivity index (χ1n) is 13.5.